The van der Waals surface area contributed by atoms with Gasteiger partial charge in [0.15, 0.2) is 11.5 Å². The summed E-state index contributed by atoms with van der Waals surface area (Å²) < 4.78 is 11.3. The molecule has 0 unspecified atom stereocenters. The van der Waals surface area contributed by atoms with Gasteiger partial charge in [0.1, 0.15) is 19.3 Å². The molecule has 0 saturated heterocycles. The van der Waals surface area contributed by atoms with Crippen LogP contribution in [-0.2, 0) is 29.0 Å². The molecule has 1 aliphatic heterocycles. The Labute approximate surface area is 229 Å². The fourth-order valence-corrected chi connectivity index (χ4v) is 4.53. The monoisotopic (exact) mass is 534 g/mol. The molecular weight excluding hydrogens is 500 g/mol. The second-order valence-corrected chi connectivity index (χ2v) is 10.4. The largest absolute Gasteiger partial charge is 0.486 e. The molecule has 0 saturated carbocycles. The van der Waals surface area contributed by atoms with Crippen LogP contribution in [0.15, 0.2) is 72.8 Å². The third kappa shape index (κ3) is 7.75. The molecule has 0 aromatic heterocycles. The summed E-state index contributed by atoms with van der Waals surface area (Å²) >= 11 is 6.11. The molecule has 0 radical (unpaired) electrons. The quantitative estimate of drug-likeness (QED) is 0.355. The number of aryl methyl sites for hydroxylation is 1. The van der Waals surface area contributed by atoms with Crippen molar-refractivity contribution in [1.82, 2.24) is 10.2 Å². The van der Waals surface area contributed by atoms with Gasteiger partial charge in [0.25, 0.3) is 0 Å². The fraction of sp³-hybridized carbons (Fsp3) is 0.355. The number of halogens is 1. The van der Waals surface area contributed by atoms with E-state index < -0.39 is 6.04 Å². The number of nitrogens with one attached hydrogen (secondary N) is 1. The first-order valence-electron chi connectivity index (χ1n) is 13.1. The van der Waals surface area contributed by atoms with Crippen molar-refractivity contribution in [2.75, 3.05) is 19.8 Å². The summed E-state index contributed by atoms with van der Waals surface area (Å²) in [5.41, 5.74) is 2.90. The number of ether oxygens (including phenoxy) is 2. The zero-order chi connectivity index (χ0) is 26.9. The van der Waals surface area contributed by atoms with Gasteiger partial charge in [-0.3, -0.25) is 9.59 Å². The van der Waals surface area contributed by atoms with Crippen molar-refractivity contribution in [3.05, 3.63) is 94.5 Å². The molecule has 0 aliphatic carbocycles. The van der Waals surface area contributed by atoms with Gasteiger partial charge in [-0.25, -0.2) is 0 Å². The van der Waals surface area contributed by atoms with Crippen molar-refractivity contribution in [2.24, 2.45) is 5.92 Å². The van der Waals surface area contributed by atoms with Crippen molar-refractivity contribution in [2.45, 2.75) is 45.7 Å². The van der Waals surface area contributed by atoms with E-state index in [9.17, 15) is 9.59 Å². The number of carbonyl (C=O) groups excluding carboxylic acids is 2. The third-order valence-electron chi connectivity index (χ3n) is 6.46. The molecule has 0 fully saturated rings. The lowest BCUT2D eigenvalue weighted by Crippen LogP contribution is -2.51. The number of rotatable bonds is 11. The maximum Gasteiger partial charge on any atom is 0.243 e. The first kappa shape index (κ1) is 27.5. The van der Waals surface area contributed by atoms with E-state index in [2.05, 4.69) is 19.2 Å². The Morgan fingerprint density at radius 3 is 2.29 bits per heavy atom. The number of hydrogen-bond donors (Lipinski definition) is 1. The minimum Gasteiger partial charge on any atom is -0.486 e. The summed E-state index contributed by atoms with van der Waals surface area (Å²) in [5.74, 6) is 1.49. The summed E-state index contributed by atoms with van der Waals surface area (Å²) in [7, 11) is 0. The van der Waals surface area contributed by atoms with Crippen LogP contribution in [0.2, 0.25) is 5.02 Å². The Balaban J connectivity index is 1.58. The first-order valence-corrected chi connectivity index (χ1v) is 13.5. The highest BCUT2D eigenvalue weighted by molar-refractivity contribution is 6.30. The second kappa shape index (κ2) is 13.3. The Morgan fingerprint density at radius 2 is 1.58 bits per heavy atom. The van der Waals surface area contributed by atoms with Crippen molar-refractivity contribution in [1.29, 1.82) is 0 Å². The molecule has 200 valence electrons. The summed E-state index contributed by atoms with van der Waals surface area (Å²) in [6.45, 7) is 6.00. The Morgan fingerprint density at radius 1 is 0.895 bits per heavy atom. The van der Waals surface area contributed by atoms with Gasteiger partial charge in [-0.2, -0.15) is 0 Å². The van der Waals surface area contributed by atoms with Crippen molar-refractivity contribution >= 4 is 23.4 Å². The smallest absolute Gasteiger partial charge is 0.243 e. The average molecular weight is 535 g/mol. The summed E-state index contributed by atoms with van der Waals surface area (Å²) in [6, 6.07) is 22.4. The Bertz CT molecular complexity index is 1210. The standard InChI is InChI=1S/C31H35ClN2O4/c1-22(2)20-33-31(36)27(18-23-6-4-3-5-7-23)34(21-25-8-12-26(32)13-9-25)30(35)15-11-24-10-14-28-29(19-24)38-17-16-37-28/h3-10,12-14,19,22,27H,11,15-18,20-21H2,1-2H3,(H,33,36)/t27-/m1/s1. The van der Waals surface area contributed by atoms with Crippen LogP contribution < -0.4 is 14.8 Å². The molecule has 1 heterocycles. The Kier molecular flexibility index (Phi) is 9.66. The minimum absolute atomic E-state index is 0.0875. The van der Waals surface area contributed by atoms with Crippen LogP contribution >= 0.6 is 11.6 Å². The van der Waals surface area contributed by atoms with E-state index in [1.807, 2.05) is 60.7 Å². The molecular formula is C31H35ClN2O4. The summed E-state index contributed by atoms with van der Waals surface area (Å²) in [5, 5.41) is 3.68. The van der Waals surface area contributed by atoms with E-state index in [1.165, 1.54) is 0 Å². The lowest BCUT2D eigenvalue weighted by Gasteiger charge is -2.32. The first-order chi connectivity index (χ1) is 18.4. The fourth-order valence-electron chi connectivity index (χ4n) is 4.40. The van der Waals surface area contributed by atoms with Crippen LogP contribution in [0.25, 0.3) is 0 Å². The lowest BCUT2D eigenvalue weighted by molar-refractivity contribution is -0.141. The van der Waals surface area contributed by atoms with Crippen molar-refractivity contribution < 1.29 is 19.1 Å². The van der Waals surface area contributed by atoms with Gasteiger partial charge in [-0.1, -0.05) is 74.0 Å². The number of hydrogen-bond acceptors (Lipinski definition) is 4. The molecule has 7 heteroatoms. The van der Waals surface area contributed by atoms with Crippen LogP contribution in [0.4, 0.5) is 0 Å². The summed E-state index contributed by atoms with van der Waals surface area (Å²) in [6.07, 6.45) is 1.21. The Hall–Kier alpha value is -3.51. The van der Waals surface area contributed by atoms with Gasteiger partial charge in [0.05, 0.1) is 0 Å². The van der Waals surface area contributed by atoms with Crippen LogP contribution in [0.5, 0.6) is 11.5 Å². The predicted octanol–water partition coefficient (Wildman–Crippen LogP) is 5.46. The number of fused-ring (bicyclic) bond motifs is 1. The van der Waals surface area contributed by atoms with E-state index in [1.54, 1.807) is 17.0 Å². The third-order valence-corrected chi connectivity index (χ3v) is 6.71. The molecule has 3 aromatic rings. The van der Waals surface area contributed by atoms with Gasteiger partial charge < -0.3 is 19.7 Å². The molecule has 1 atom stereocenters. The predicted molar refractivity (Wildman–Crippen MR) is 150 cm³/mol. The number of nitrogens with zero attached hydrogens (tertiary/aromatic N) is 1. The van der Waals surface area contributed by atoms with Crippen molar-refractivity contribution in [3.63, 3.8) is 0 Å². The molecule has 38 heavy (non-hydrogen) atoms. The molecule has 2 amide bonds. The SMILES string of the molecule is CC(C)CNC(=O)[C@@H](Cc1ccccc1)N(Cc1ccc(Cl)cc1)C(=O)CCc1ccc2c(c1)OCCO2. The minimum atomic E-state index is -0.653. The van der Waals surface area contributed by atoms with Gasteiger partial charge in [-0.05, 0) is 53.3 Å². The normalized spacial score (nSPS) is 13.2. The average Bonchev–Trinajstić information content (AvgIpc) is 2.93. The van der Waals surface area contributed by atoms with Crippen LogP contribution in [0, 0.1) is 5.92 Å². The van der Waals surface area contributed by atoms with Crippen molar-refractivity contribution in [3.8, 4) is 11.5 Å². The van der Waals surface area contributed by atoms with Crippen LogP contribution in [0.1, 0.15) is 37.0 Å². The maximum absolute atomic E-state index is 13.8. The van der Waals surface area contributed by atoms with E-state index in [4.69, 9.17) is 21.1 Å². The molecule has 4 rings (SSSR count). The molecule has 6 nitrogen and oxygen atoms in total. The maximum atomic E-state index is 13.8. The number of benzene rings is 3. The highest BCUT2D eigenvalue weighted by atomic mass is 35.5. The molecule has 0 bridgehead atoms. The van der Waals surface area contributed by atoms with Gasteiger partial charge in [-0.15, -0.1) is 0 Å². The molecule has 0 spiro atoms. The molecule has 1 N–H and O–H groups in total. The van der Waals surface area contributed by atoms with E-state index >= 15 is 0 Å². The lowest BCUT2D eigenvalue weighted by atomic mass is 10.0. The second-order valence-electron chi connectivity index (χ2n) is 9.97. The number of carbonyl (C=O) groups is 2. The van der Waals surface area contributed by atoms with E-state index in [0.717, 1.165) is 22.4 Å². The highest BCUT2D eigenvalue weighted by Crippen LogP contribution is 2.31. The van der Waals surface area contributed by atoms with Crippen LogP contribution in [0.3, 0.4) is 0 Å². The zero-order valence-electron chi connectivity index (χ0n) is 22.0. The highest BCUT2D eigenvalue weighted by Gasteiger charge is 2.30. The molecule has 1 aliphatic rings. The van der Waals surface area contributed by atoms with Gasteiger partial charge >= 0.3 is 0 Å². The van der Waals surface area contributed by atoms with E-state index in [-0.39, 0.29) is 18.2 Å². The van der Waals surface area contributed by atoms with Gasteiger partial charge in [0, 0.05) is 31.0 Å². The topological polar surface area (TPSA) is 67.9 Å². The summed E-state index contributed by atoms with van der Waals surface area (Å²) in [4.78, 5) is 29.0. The molecule has 3 aromatic carbocycles. The van der Waals surface area contributed by atoms with Gasteiger partial charge in [0.2, 0.25) is 11.8 Å². The number of amides is 2. The van der Waals surface area contributed by atoms with E-state index in [0.29, 0.717) is 55.8 Å². The zero-order valence-corrected chi connectivity index (χ0v) is 22.7. The van der Waals surface area contributed by atoms with Crippen LogP contribution in [-0.4, -0.2) is 42.5 Å².